The van der Waals surface area contributed by atoms with Crippen molar-refractivity contribution in [3.63, 3.8) is 0 Å². The number of hydrogen-bond donors (Lipinski definition) is 2. The van der Waals surface area contributed by atoms with Crippen molar-refractivity contribution < 1.29 is 4.79 Å². The van der Waals surface area contributed by atoms with Crippen LogP contribution in [0.5, 0.6) is 0 Å². The number of nitrogens with zero attached hydrogens (tertiary/aromatic N) is 2. The van der Waals surface area contributed by atoms with Crippen LogP contribution in [0.2, 0.25) is 0 Å². The lowest BCUT2D eigenvalue weighted by molar-refractivity contribution is 0.102. The minimum Gasteiger partial charge on any atom is -0.313 e. The molecule has 2 aromatic carbocycles. The van der Waals surface area contributed by atoms with Crippen molar-refractivity contribution in [3.05, 3.63) is 64.0 Å². The highest BCUT2D eigenvalue weighted by Crippen LogP contribution is 2.50. The lowest BCUT2D eigenvalue weighted by Crippen LogP contribution is -2.54. The van der Waals surface area contributed by atoms with Gasteiger partial charge in [-0.2, -0.15) is 0 Å². The van der Waals surface area contributed by atoms with Crippen molar-refractivity contribution in [1.82, 2.24) is 15.3 Å². The number of fused-ring (bicyclic) bond motifs is 3. The van der Waals surface area contributed by atoms with Crippen molar-refractivity contribution in [2.75, 3.05) is 5.32 Å². The number of carbonyl (C=O) groups is 1. The van der Waals surface area contributed by atoms with Crippen molar-refractivity contribution in [2.24, 2.45) is 0 Å². The van der Waals surface area contributed by atoms with Gasteiger partial charge >= 0.3 is 0 Å². The minimum atomic E-state index is -0.211. The fraction of sp³-hybridized carbons (Fsp3) is 0.269. The molecule has 5 aromatic rings. The largest absolute Gasteiger partial charge is 0.313 e. The lowest BCUT2D eigenvalue weighted by Gasteiger charge is -2.42. The van der Waals surface area contributed by atoms with Gasteiger partial charge in [0.2, 0.25) is 0 Å². The van der Waals surface area contributed by atoms with Gasteiger partial charge in [0.05, 0.1) is 25.9 Å². The van der Waals surface area contributed by atoms with Crippen LogP contribution in [0.3, 0.4) is 0 Å². The Hall–Kier alpha value is -2.65. The van der Waals surface area contributed by atoms with E-state index in [-0.39, 0.29) is 17.0 Å². The monoisotopic (exact) mass is 504 g/mol. The second-order valence-electron chi connectivity index (χ2n) is 9.90. The zero-order valence-corrected chi connectivity index (χ0v) is 21.8. The van der Waals surface area contributed by atoms with E-state index < -0.39 is 0 Å². The average Bonchev–Trinajstić information content (AvgIpc) is 3.48. The van der Waals surface area contributed by atoms with E-state index in [2.05, 4.69) is 49.4 Å². The number of rotatable bonds is 3. The number of hydrogen-bond acceptors (Lipinski definition) is 7. The van der Waals surface area contributed by atoms with Crippen LogP contribution in [0.4, 0.5) is 5.00 Å². The topological polar surface area (TPSA) is 66.9 Å². The molecule has 2 N–H and O–H groups in total. The highest BCUT2D eigenvalue weighted by Gasteiger charge is 2.41. The van der Waals surface area contributed by atoms with Gasteiger partial charge in [0, 0.05) is 27.1 Å². The predicted molar refractivity (Wildman–Crippen MR) is 144 cm³/mol. The first-order chi connectivity index (χ1) is 16.2. The zero-order valence-electron chi connectivity index (χ0n) is 19.4. The standard InChI is InChI=1S/C26H24N4OS3/c1-25(2)12-15-20(23-28-17-7-5-6-8-18(17)33-23)24(34-21(15)26(3,4)30-25)29-22(31)14-9-10-16-19(11-14)32-13-27-16/h5-11,13,30H,12H2,1-4H3,(H,29,31). The first kappa shape index (κ1) is 21.9. The number of benzene rings is 2. The summed E-state index contributed by atoms with van der Waals surface area (Å²) in [6, 6.07) is 13.9. The van der Waals surface area contributed by atoms with E-state index in [1.165, 1.54) is 10.4 Å². The first-order valence-corrected chi connectivity index (χ1v) is 13.7. The summed E-state index contributed by atoms with van der Waals surface area (Å²) in [6.07, 6.45) is 0.871. The minimum absolute atomic E-state index is 0.0680. The summed E-state index contributed by atoms with van der Waals surface area (Å²) >= 11 is 4.89. The van der Waals surface area contributed by atoms with Gasteiger partial charge < -0.3 is 10.6 Å². The van der Waals surface area contributed by atoms with Gasteiger partial charge in [-0.05, 0) is 70.0 Å². The Kier molecular flexibility index (Phi) is 4.94. The van der Waals surface area contributed by atoms with Crippen molar-refractivity contribution in [1.29, 1.82) is 0 Å². The molecular formula is C26H24N4OS3. The SMILES string of the molecule is CC1(C)Cc2c(sc(NC(=O)c3ccc4ncsc4c3)c2-c2nc3ccccc3s2)C(C)(C)N1. The molecule has 0 atom stereocenters. The maximum atomic E-state index is 13.4. The third-order valence-corrected chi connectivity index (χ3v) is 9.49. The highest BCUT2D eigenvalue weighted by atomic mass is 32.1. The molecule has 8 heteroatoms. The van der Waals surface area contributed by atoms with Crippen LogP contribution in [0.15, 0.2) is 48.0 Å². The molecule has 0 radical (unpaired) electrons. The maximum absolute atomic E-state index is 13.4. The van der Waals surface area contributed by atoms with E-state index in [1.807, 2.05) is 41.9 Å². The Morgan fingerprint density at radius 1 is 1.03 bits per heavy atom. The van der Waals surface area contributed by atoms with Crippen LogP contribution >= 0.6 is 34.0 Å². The summed E-state index contributed by atoms with van der Waals surface area (Å²) in [6.45, 7) is 8.91. The molecule has 1 aliphatic rings. The summed E-state index contributed by atoms with van der Waals surface area (Å²) in [5.74, 6) is -0.110. The van der Waals surface area contributed by atoms with Crippen molar-refractivity contribution >= 4 is 65.4 Å². The first-order valence-electron chi connectivity index (χ1n) is 11.2. The number of nitrogens with one attached hydrogen (secondary N) is 2. The van der Waals surface area contributed by atoms with E-state index in [0.717, 1.165) is 42.4 Å². The molecule has 172 valence electrons. The molecule has 0 bridgehead atoms. The summed E-state index contributed by atoms with van der Waals surface area (Å²) in [5, 5.41) is 8.86. The van der Waals surface area contributed by atoms with Gasteiger partial charge in [-0.3, -0.25) is 4.79 Å². The van der Waals surface area contributed by atoms with Gasteiger partial charge in [-0.15, -0.1) is 34.0 Å². The summed E-state index contributed by atoms with van der Waals surface area (Å²) in [5.41, 5.74) is 6.42. The van der Waals surface area contributed by atoms with Crippen LogP contribution < -0.4 is 10.6 Å². The molecule has 0 unspecified atom stereocenters. The van der Waals surface area contributed by atoms with Crippen molar-refractivity contribution in [3.8, 4) is 10.6 Å². The maximum Gasteiger partial charge on any atom is 0.256 e. The molecule has 0 aliphatic carbocycles. The number of anilines is 1. The van der Waals surface area contributed by atoms with Gasteiger partial charge in [-0.25, -0.2) is 9.97 Å². The summed E-state index contributed by atoms with van der Waals surface area (Å²) in [7, 11) is 0. The Balaban J connectivity index is 1.50. The summed E-state index contributed by atoms with van der Waals surface area (Å²) in [4.78, 5) is 23.9. The van der Waals surface area contributed by atoms with Crippen LogP contribution in [0.1, 0.15) is 48.5 Å². The molecule has 4 heterocycles. The third kappa shape index (κ3) is 3.65. The molecule has 1 amide bonds. The van der Waals surface area contributed by atoms with E-state index in [4.69, 9.17) is 4.98 Å². The predicted octanol–water partition coefficient (Wildman–Crippen LogP) is 7.05. The Morgan fingerprint density at radius 2 is 1.85 bits per heavy atom. The molecule has 0 saturated carbocycles. The molecule has 0 spiro atoms. The molecule has 1 aliphatic heterocycles. The molecule has 6 rings (SSSR count). The molecule has 5 nitrogen and oxygen atoms in total. The Morgan fingerprint density at radius 3 is 2.68 bits per heavy atom. The summed E-state index contributed by atoms with van der Waals surface area (Å²) < 4.78 is 2.16. The van der Waals surface area contributed by atoms with Crippen LogP contribution in [-0.4, -0.2) is 21.4 Å². The van der Waals surface area contributed by atoms with Gasteiger partial charge in [0.15, 0.2) is 0 Å². The molecular weight excluding hydrogens is 481 g/mol. The fourth-order valence-corrected chi connectivity index (χ4v) is 8.09. The Labute approximate surface area is 209 Å². The van der Waals surface area contributed by atoms with E-state index in [0.29, 0.717) is 5.56 Å². The molecule has 0 fully saturated rings. The van der Waals surface area contributed by atoms with Gasteiger partial charge in [0.1, 0.15) is 10.0 Å². The number of amides is 1. The number of thiophene rings is 1. The van der Waals surface area contributed by atoms with E-state index in [9.17, 15) is 4.79 Å². The van der Waals surface area contributed by atoms with Gasteiger partial charge in [-0.1, -0.05) is 12.1 Å². The van der Waals surface area contributed by atoms with Crippen molar-refractivity contribution in [2.45, 2.75) is 45.2 Å². The number of aromatic nitrogens is 2. The molecule has 0 saturated heterocycles. The second kappa shape index (κ2) is 7.68. The smallest absolute Gasteiger partial charge is 0.256 e. The lowest BCUT2D eigenvalue weighted by atomic mass is 9.81. The zero-order chi connectivity index (χ0) is 23.7. The number of thiazole rings is 2. The Bertz CT molecular complexity index is 1540. The van der Waals surface area contributed by atoms with E-state index >= 15 is 0 Å². The van der Waals surface area contributed by atoms with Crippen LogP contribution in [0, 0.1) is 0 Å². The highest BCUT2D eigenvalue weighted by molar-refractivity contribution is 7.23. The number of para-hydroxylation sites is 1. The normalized spacial score (nSPS) is 16.6. The van der Waals surface area contributed by atoms with Gasteiger partial charge in [0.25, 0.3) is 5.91 Å². The number of carbonyl (C=O) groups excluding carboxylic acids is 1. The molecule has 34 heavy (non-hydrogen) atoms. The molecule has 3 aromatic heterocycles. The van der Waals surface area contributed by atoms with E-state index in [1.54, 1.807) is 34.0 Å². The second-order valence-corrected chi connectivity index (χ2v) is 12.8. The third-order valence-electron chi connectivity index (χ3n) is 6.17. The quantitative estimate of drug-likeness (QED) is 0.276. The fourth-order valence-electron chi connectivity index (χ4n) is 4.99. The van der Waals surface area contributed by atoms with Crippen LogP contribution in [-0.2, 0) is 12.0 Å². The van der Waals surface area contributed by atoms with Crippen LogP contribution in [0.25, 0.3) is 31.0 Å². The average molecular weight is 505 g/mol.